The summed E-state index contributed by atoms with van der Waals surface area (Å²) in [4.78, 5) is 13.3. The van der Waals surface area contributed by atoms with Crippen molar-refractivity contribution in [3.05, 3.63) is 18.5 Å². The number of nitrogens with zero attached hydrogens (tertiary/aromatic N) is 3. The minimum absolute atomic E-state index is 0.0726. The molecule has 1 heterocycles. The molecule has 1 amide bonds. The van der Waals surface area contributed by atoms with Gasteiger partial charge in [0.1, 0.15) is 0 Å². The Morgan fingerprint density at radius 2 is 2.21 bits per heavy atom. The Balaban J connectivity index is 2.17. The van der Waals surface area contributed by atoms with Crippen LogP contribution < -0.4 is 4.72 Å². The van der Waals surface area contributed by atoms with Gasteiger partial charge in [-0.2, -0.15) is 5.10 Å². The van der Waals surface area contributed by atoms with E-state index in [4.69, 9.17) is 0 Å². The van der Waals surface area contributed by atoms with E-state index in [1.165, 1.54) is 0 Å². The Morgan fingerprint density at radius 1 is 1.47 bits per heavy atom. The van der Waals surface area contributed by atoms with E-state index in [1.54, 1.807) is 18.1 Å². The molecule has 0 aliphatic rings. The van der Waals surface area contributed by atoms with Gasteiger partial charge >= 0.3 is 0 Å². The van der Waals surface area contributed by atoms with Crippen LogP contribution in [0.2, 0.25) is 0 Å². The van der Waals surface area contributed by atoms with E-state index < -0.39 is 10.0 Å². The molecule has 0 atom stereocenters. The Hall–Kier alpha value is -1.41. The lowest BCUT2D eigenvalue weighted by Gasteiger charge is -2.17. The monoisotopic (exact) mass is 288 g/mol. The summed E-state index contributed by atoms with van der Waals surface area (Å²) in [6.45, 7) is 1.52. The summed E-state index contributed by atoms with van der Waals surface area (Å²) < 4.78 is 25.8. The number of aromatic nitrogens is 2. The highest BCUT2D eigenvalue weighted by Gasteiger charge is 2.09. The molecule has 1 rings (SSSR count). The highest BCUT2D eigenvalue weighted by atomic mass is 32.2. The van der Waals surface area contributed by atoms with Gasteiger partial charge in [-0.05, 0) is 12.5 Å². The number of hydrogen-bond acceptors (Lipinski definition) is 4. The molecule has 0 aromatic carbocycles. The summed E-state index contributed by atoms with van der Waals surface area (Å²) in [5.74, 6) is -0.0726. The van der Waals surface area contributed by atoms with Crippen molar-refractivity contribution >= 4 is 15.9 Å². The van der Waals surface area contributed by atoms with Crippen molar-refractivity contribution < 1.29 is 13.2 Å². The first-order valence-corrected chi connectivity index (χ1v) is 7.93. The molecular weight excluding hydrogens is 268 g/mol. The van der Waals surface area contributed by atoms with E-state index in [2.05, 4.69) is 9.82 Å². The minimum Gasteiger partial charge on any atom is -0.346 e. The average Bonchev–Trinajstić information content (AvgIpc) is 2.80. The molecule has 0 saturated carbocycles. The molecule has 1 aromatic rings. The minimum atomic E-state index is -3.22. The van der Waals surface area contributed by atoms with Gasteiger partial charge in [0, 0.05) is 45.5 Å². The maximum absolute atomic E-state index is 11.7. The van der Waals surface area contributed by atoms with Crippen molar-refractivity contribution in [2.24, 2.45) is 0 Å². The summed E-state index contributed by atoms with van der Waals surface area (Å²) in [5.41, 5.74) is 0. The van der Waals surface area contributed by atoms with Gasteiger partial charge in [0.25, 0.3) is 0 Å². The maximum atomic E-state index is 11.7. The number of rotatable bonds is 8. The molecular formula is C11H20N4O3S. The number of hydrogen-bond donors (Lipinski definition) is 1. The van der Waals surface area contributed by atoms with E-state index >= 15 is 0 Å². The van der Waals surface area contributed by atoms with E-state index in [9.17, 15) is 13.2 Å². The third-order valence-corrected chi connectivity index (χ3v) is 3.30. The van der Waals surface area contributed by atoms with Crippen LogP contribution in [0.3, 0.4) is 0 Å². The Morgan fingerprint density at radius 3 is 2.79 bits per heavy atom. The molecule has 0 aliphatic heterocycles. The van der Waals surface area contributed by atoms with E-state index in [-0.39, 0.29) is 18.9 Å². The second kappa shape index (κ2) is 7.25. The molecule has 0 radical (unpaired) electrons. The highest BCUT2D eigenvalue weighted by molar-refractivity contribution is 7.88. The Labute approximate surface area is 113 Å². The van der Waals surface area contributed by atoms with Gasteiger partial charge in [0.2, 0.25) is 15.9 Å². The predicted octanol–water partition coefficient (Wildman–Crippen LogP) is -0.329. The summed E-state index contributed by atoms with van der Waals surface area (Å²) in [6, 6.07) is 1.85. The number of carbonyl (C=O) groups excluding carboxylic acids is 1. The molecule has 0 unspecified atom stereocenters. The average molecular weight is 288 g/mol. The van der Waals surface area contributed by atoms with Crippen molar-refractivity contribution in [2.75, 3.05) is 26.4 Å². The zero-order chi connectivity index (χ0) is 14.3. The normalized spacial score (nSPS) is 11.5. The molecule has 108 valence electrons. The topological polar surface area (TPSA) is 84.3 Å². The Kier molecular flexibility index (Phi) is 5.97. The SMILES string of the molecule is CN(CCCn1cccn1)C(=O)CCNS(C)(=O)=O. The van der Waals surface area contributed by atoms with Crippen LogP contribution in [-0.4, -0.2) is 55.4 Å². The van der Waals surface area contributed by atoms with Crippen LogP contribution in [0, 0.1) is 0 Å². The third-order valence-electron chi connectivity index (χ3n) is 2.57. The molecule has 0 spiro atoms. The zero-order valence-corrected chi connectivity index (χ0v) is 12.1. The quantitative estimate of drug-likeness (QED) is 0.710. The largest absolute Gasteiger partial charge is 0.346 e. The first-order chi connectivity index (χ1) is 8.88. The van der Waals surface area contributed by atoms with Gasteiger partial charge in [0.15, 0.2) is 0 Å². The molecule has 1 aromatic heterocycles. The number of sulfonamides is 1. The molecule has 19 heavy (non-hydrogen) atoms. The van der Waals surface area contributed by atoms with Crippen LogP contribution in [0.25, 0.3) is 0 Å². The molecule has 1 N–H and O–H groups in total. The summed E-state index contributed by atoms with van der Waals surface area (Å²) in [5, 5.41) is 4.07. The van der Waals surface area contributed by atoms with Crippen molar-refractivity contribution in [2.45, 2.75) is 19.4 Å². The lowest BCUT2D eigenvalue weighted by Crippen LogP contribution is -2.32. The highest BCUT2D eigenvalue weighted by Crippen LogP contribution is 1.95. The zero-order valence-electron chi connectivity index (χ0n) is 11.2. The number of aryl methyl sites for hydroxylation is 1. The standard InChI is InChI=1S/C11H20N4O3S/c1-14(8-4-10-15-9-3-6-12-15)11(16)5-7-13-19(2,17)18/h3,6,9,13H,4-5,7-8,10H2,1-2H3. The summed E-state index contributed by atoms with van der Waals surface area (Å²) in [6.07, 6.45) is 5.64. The molecule has 0 fully saturated rings. The van der Waals surface area contributed by atoms with Crippen molar-refractivity contribution in [1.82, 2.24) is 19.4 Å². The van der Waals surface area contributed by atoms with Gasteiger partial charge in [-0.3, -0.25) is 9.48 Å². The third kappa shape index (κ3) is 6.92. The van der Waals surface area contributed by atoms with Crippen molar-refractivity contribution in [1.29, 1.82) is 0 Å². The fourth-order valence-electron chi connectivity index (χ4n) is 1.56. The van der Waals surface area contributed by atoms with Crippen molar-refractivity contribution in [3.8, 4) is 0 Å². The fourth-order valence-corrected chi connectivity index (χ4v) is 2.03. The van der Waals surface area contributed by atoms with Gasteiger partial charge < -0.3 is 4.90 Å². The lowest BCUT2D eigenvalue weighted by atomic mass is 10.3. The molecule has 8 heteroatoms. The smallest absolute Gasteiger partial charge is 0.223 e. The molecule has 0 saturated heterocycles. The number of carbonyl (C=O) groups is 1. The van der Waals surface area contributed by atoms with Gasteiger partial charge in [0.05, 0.1) is 6.26 Å². The van der Waals surface area contributed by atoms with E-state index in [0.717, 1.165) is 19.2 Å². The number of nitrogens with one attached hydrogen (secondary N) is 1. The van der Waals surface area contributed by atoms with E-state index in [0.29, 0.717) is 6.54 Å². The maximum Gasteiger partial charge on any atom is 0.223 e. The summed E-state index contributed by atoms with van der Waals surface area (Å²) in [7, 11) is -1.51. The van der Waals surface area contributed by atoms with Crippen LogP contribution in [0.5, 0.6) is 0 Å². The second-order valence-electron chi connectivity index (χ2n) is 4.35. The fraction of sp³-hybridized carbons (Fsp3) is 0.636. The van der Waals surface area contributed by atoms with Gasteiger partial charge in [-0.15, -0.1) is 0 Å². The van der Waals surface area contributed by atoms with Crippen LogP contribution in [0.1, 0.15) is 12.8 Å². The predicted molar refractivity (Wildman–Crippen MR) is 71.9 cm³/mol. The Bertz CT molecular complexity index is 484. The second-order valence-corrected chi connectivity index (χ2v) is 6.19. The summed E-state index contributed by atoms with van der Waals surface area (Å²) >= 11 is 0. The van der Waals surface area contributed by atoms with Gasteiger partial charge in [-0.1, -0.05) is 0 Å². The first-order valence-electron chi connectivity index (χ1n) is 6.04. The van der Waals surface area contributed by atoms with Crippen LogP contribution >= 0.6 is 0 Å². The lowest BCUT2D eigenvalue weighted by molar-refractivity contribution is -0.129. The molecule has 0 aliphatic carbocycles. The molecule has 7 nitrogen and oxygen atoms in total. The van der Waals surface area contributed by atoms with Crippen LogP contribution in [0.4, 0.5) is 0 Å². The molecule has 0 bridgehead atoms. The van der Waals surface area contributed by atoms with Crippen LogP contribution in [-0.2, 0) is 21.4 Å². The van der Waals surface area contributed by atoms with Crippen molar-refractivity contribution in [3.63, 3.8) is 0 Å². The van der Waals surface area contributed by atoms with E-state index in [1.807, 2.05) is 16.9 Å². The van der Waals surface area contributed by atoms with Crippen LogP contribution in [0.15, 0.2) is 18.5 Å². The number of amides is 1. The first kappa shape index (κ1) is 15.6. The van der Waals surface area contributed by atoms with Gasteiger partial charge in [-0.25, -0.2) is 13.1 Å².